The Morgan fingerprint density at radius 3 is 1.61 bits per heavy atom. The SMILES string of the molecule is Cc1cc2c3c(c1)N(c1cc(C(C)(C)C)cc(C(C)(C)C)c1)c1oc4ccc(C(C)(C)C)cc4c1B3c1cc3c(cc1N2c1ccc(C(C)(C)C)cc1-c1ccccc1)C(C)(C)CCC3(C)C. The second-order valence-corrected chi connectivity index (χ2v) is 25.9. The molecule has 0 N–H and O–H groups in total. The lowest BCUT2D eigenvalue weighted by atomic mass is 9.33. The average Bonchev–Trinajstić information content (AvgIpc) is 3.62. The van der Waals surface area contributed by atoms with E-state index in [9.17, 15) is 0 Å². The topological polar surface area (TPSA) is 19.6 Å². The van der Waals surface area contributed by atoms with Crippen LogP contribution in [0, 0.1) is 6.92 Å². The molecule has 1 aromatic heterocycles. The molecule has 0 radical (unpaired) electrons. The fourth-order valence-electron chi connectivity index (χ4n) is 11.3. The predicted octanol–water partition coefficient (Wildman–Crippen LogP) is 16.0. The molecule has 3 aliphatic rings. The monoisotopic (exact) mass is 885 g/mol. The standard InChI is InChI=1S/C63H73BN2O/c1-38-29-52-56-53(30-38)66(50-25-23-40(58(2,3)4)34-45(50)39-21-19-18-20-22-39)51-37-48-47(62(14,15)27-28-63(48,16)17)36-49(51)64(56)55-46-35-41(59(5,6)7)24-26-54(46)67-57(55)65(52)44-32-42(60(8,9)10)31-43(33-44)61(11,12)13/h18-26,29-37H,27-28H2,1-17H3. The summed E-state index contributed by atoms with van der Waals surface area (Å²) >= 11 is 0. The third-order valence-corrected chi connectivity index (χ3v) is 15.8. The highest BCUT2D eigenvalue weighted by Gasteiger charge is 2.49. The van der Waals surface area contributed by atoms with E-state index in [2.05, 4.69) is 237 Å². The molecule has 0 saturated heterocycles. The molecule has 0 spiro atoms. The van der Waals surface area contributed by atoms with Gasteiger partial charge in [-0.05, 0) is 162 Å². The molecule has 0 unspecified atom stereocenters. The van der Waals surface area contributed by atoms with Crippen molar-refractivity contribution in [3.8, 4) is 11.1 Å². The van der Waals surface area contributed by atoms with Gasteiger partial charge in [0.1, 0.15) is 5.58 Å². The Labute approximate surface area is 403 Å². The lowest BCUT2D eigenvalue weighted by Crippen LogP contribution is -2.61. The highest BCUT2D eigenvalue weighted by atomic mass is 16.4. The molecule has 67 heavy (non-hydrogen) atoms. The number of anilines is 6. The van der Waals surface area contributed by atoms with E-state index in [1.807, 2.05) is 0 Å². The third-order valence-electron chi connectivity index (χ3n) is 15.8. The largest absolute Gasteiger partial charge is 0.440 e. The zero-order valence-corrected chi connectivity index (χ0v) is 43.7. The van der Waals surface area contributed by atoms with Crippen LogP contribution in [0.25, 0.3) is 22.1 Å². The maximum absolute atomic E-state index is 7.42. The van der Waals surface area contributed by atoms with Crippen molar-refractivity contribution in [1.82, 2.24) is 0 Å². The number of fused-ring (bicyclic) bond motifs is 7. The van der Waals surface area contributed by atoms with Crippen molar-refractivity contribution in [3.05, 3.63) is 148 Å². The van der Waals surface area contributed by atoms with Crippen LogP contribution in [0.3, 0.4) is 0 Å². The van der Waals surface area contributed by atoms with Gasteiger partial charge in [-0.1, -0.05) is 165 Å². The number of aryl methyl sites for hydroxylation is 1. The molecule has 7 aromatic rings. The summed E-state index contributed by atoms with van der Waals surface area (Å²) < 4.78 is 7.42. The van der Waals surface area contributed by atoms with E-state index in [0.717, 1.165) is 30.0 Å². The summed E-state index contributed by atoms with van der Waals surface area (Å²) in [4.78, 5) is 5.18. The maximum Gasteiger partial charge on any atom is 0.257 e. The minimum Gasteiger partial charge on any atom is -0.440 e. The summed E-state index contributed by atoms with van der Waals surface area (Å²) in [5.41, 5.74) is 22.7. The number of furan rings is 1. The quantitative estimate of drug-likeness (QED) is 0.165. The van der Waals surface area contributed by atoms with Crippen LogP contribution in [0.2, 0.25) is 0 Å². The van der Waals surface area contributed by atoms with Gasteiger partial charge in [-0.15, -0.1) is 0 Å². The van der Waals surface area contributed by atoms with E-state index in [0.29, 0.717) is 0 Å². The summed E-state index contributed by atoms with van der Waals surface area (Å²) in [6.45, 7) is 40.1. The van der Waals surface area contributed by atoms with Crippen LogP contribution in [0.4, 0.5) is 34.3 Å². The minimum atomic E-state index is -0.0763. The molecule has 0 fully saturated rings. The number of hydrogen-bond donors (Lipinski definition) is 0. The molecule has 0 bridgehead atoms. The van der Waals surface area contributed by atoms with Gasteiger partial charge in [-0.2, -0.15) is 0 Å². The molecule has 1 aliphatic carbocycles. The molecule has 0 atom stereocenters. The Balaban J connectivity index is 1.39. The zero-order valence-electron chi connectivity index (χ0n) is 43.7. The van der Waals surface area contributed by atoms with Gasteiger partial charge >= 0.3 is 0 Å². The second-order valence-electron chi connectivity index (χ2n) is 25.9. The van der Waals surface area contributed by atoms with Gasteiger partial charge < -0.3 is 9.32 Å². The van der Waals surface area contributed by atoms with Crippen molar-refractivity contribution in [2.24, 2.45) is 0 Å². The van der Waals surface area contributed by atoms with Gasteiger partial charge in [0.05, 0.1) is 5.69 Å². The van der Waals surface area contributed by atoms with E-state index in [-0.39, 0.29) is 39.2 Å². The second kappa shape index (κ2) is 14.8. The summed E-state index contributed by atoms with van der Waals surface area (Å²) in [7, 11) is 0. The molecule has 2 aliphatic heterocycles. The van der Waals surface area contributed by atoms with Crippen molar-refractivity contribution in [3.63, 3.8) is 0 Å². The molecule has 4 heteroatoms. The molecule has 0 amide bonds. The summed E-state index contributed by atoms with van der Waals surface area (Å²) in [6, 6.07) is 42.9. The fraction of sp³-hybridized carbons (Fsp3) is 0.397. The normalized spacial score (nSPS) is 16.5. The maximum atomic E-state index is 7.42. The minimum absolute atomic E-state index is 0.0167. The van der Waals surface area contributed by atoms with Crippen LogP contribution in [0.1, 0.15) is 163 Å². The van der Waals surface area contributed by atoms with E-state index in [1.54, 1.807) is 0 Å². The van der Waals surface area contributed by atoms with Gasteiger partial charge in [-0.3, -0.25) is 4.90 Å². The highest BCUT2D eigenvalue weighted by Crippen LogP contribution is 2.53. The molecular formula is C63H73BN2O. The van der Waals surface area contributed by atoms with Gasteiger partial charge in [0.15, 0.2) is 0 Å². The number of rotatable bonds is 3. The summed E-state index contributed by atoms with van der Waals surface area (Å²) in [6.07, 6.45) is 2.30. The van der Waals surface area contributed by atoms with Crippen LogP contribution in [-0.4, -0.2) is 6.71 Å². The van der Waals surface area contributed by atoms with E-state index < -0.39 is 0 Å². The summed E-state index contributed by atoms with van der Waals surface area (Å²) in [5, 5.41) is 1.20. The Kier molecular flexibility index (Phi) is 9.98. The zero-order chi connectivity index (χ0) is 48.1. The van der Waals surface area contributed by atoms with Crippen LogP contribution in [-0.2, 0) is 32.5 Å². The lowest BCUT2D eigenvalue weighted by Gasteiger charge is -2.47. The van der Waals surface area contributed by atoms with Gasteiger partial charge in [0.2, 0.25) is 5.88 Å². The molecule has 6 aromatic carbocycles. The van der Waals surface area contributed by atoms with E-state index >= 15 is 0 Å². The molecule has 0 saturated carbocycles. The number of hydrogen-bond acceptors (Lipinski definition) is 3. The highest BCUT2D eigenvalue weighted by molar-refractivity contribution is 7.01. The Morgan fingerprint density at radius 1 is 0.493 bits per heavy atom. The van der Waals surface area contributed by atoms with Gasteiger partial charge in [0, 0.05) is 39.2 Å². The third kappa shape index (κ3) is 7.39. The van der Waals surface area contributed by atoms with Crippen molar-refractivity contribution in [2.45, 2.75) is 163 Å². The summed E-state index contributed by atoms with van der Waals surface area (Å²) in [5.74, 6) is 0.928. The molecule has 10 rings (SSSR count). The molecule has 3 heterocycles. The first-order valence-electron chi connectivity index (χ1n) is 25.0. The van der Waals surface area contributed by atoms with Crippen LogP contribution in [0.15, 0.2) is 114 Å². The average molecular weight is 885 g/mol. The van der Waals surface area contributed by atoms with Crippen molar-refractivity contribution in [2.75, 3.05) is 9.80 Å². The van der Waals surface area contributed by atoms with Crippen LogP contribution >= 0.6 is 0 Å². The van der Waals surface area contributed by atoms with Gasteiger partial charge in [0.25, 0.3) is 6.71 Å². The van der Waals surface area contributed by atoms with Gasteiger partial charge in [-0.25, -0.2) is 0 Å². The first-order chi connectivity index (χ1) is 31.1. The first-order valence-corrected chi connectivity index (χ1v) is 25.0. The molecule has 344 valence electrons. The molecular weight excluding hydrogens is 812 g/mol. The smallest absolute Gasteiger partial charge is 0.257 e. The molecule has 3 nitrogen and oxygen atoms in total. The Morgan fingerprint density at radius 2 is 1.03 bits per heavy atom. The number of benzene rings is 6. The Hall–Kier alpha value is -5.48. The van der Waals surface area contributed by atoms with Crippen LogP contribution < -0.4 is 26.2 Å². The van der Waals surface area contributed by atoms with Crippen LogP contribution in [0.5, 0.6) is 0 Å². The Bertz CT molecular complexity index is 3100. The number of nitrogens with zero attached hydrogens (tertiary/aromatic N) is 2. The lowest BCUT2D eigenvalue weighted by molar-refractivity contribution is 0.332. The predicted molar refractivity (Wildman–Crippen MR) is 290 cm³/mol. The van der Waals surface area contributed by atoms with Crippen molar-refractivity contribution >= 4 is 68.4 Å². The van der Waals surface area contributed by atoms with E-state index in [4.69, 9.17) is 4.42 Å². The first kappa shape index (κ1) is 45.3. The fourth-order valence-corrected chi connectivity index (χ4v) is 11.3. The van der Waals surface area contributed by atoms with Crippen molar-refractivity contribution < 1.29 is 4.42 Å². The van der Waals surface area contributed by atoms with E-state index in [1.165, 1.54) is 94.6 Å². The van der Waals surface area contributed by atoms with Crippen molar-refractivity contribution in [1.29, 1.82) is 0 Å².